The summed E-state index contributed by atoms with van der Waals surface area (Å²) in [6, 6.07) is 9.85. The lowest BCUT2D eigenvalue weighted by atomic mass is 10.2. The maximum absolute atomic E-state index is 12.0. The highest BCUT2D eigenvalue weighted by Crippen LogP contribution is 2.23. The van der Waals surface area contributed by atoms with Crippen molar-refractivity contribution in [1.82, 2.24) is 4.98 Å². The average molecular weight is 337 g/mol. The number of nitriles is 1. The number of rotatable bonds is 2. The Labute approximate surface area is 123 Å². The van der Waals surface area contributed by atoms with E-state index in [1.807, 2.05) is 6.07 Å². The van der Waals surface area contributed by atoms with Crippen LogP contribution in [0.15, 0.2) is 41.1 Å². The zero-order valence-electron chi connectivity index (χ0n) is 9.52. The Balaban J connectivity index is 2.22. The van der Waals surface area contributed by atoms with Gasteiger partial charge in [-0.3, -0.25) is 4.79 Å². The summed E-state index contributed by atoms with van der Waals surface area (Å²) in [6.45, 7) is 0. The Hall–Kier alpha value is -1.90. The molecule has 1 aromatic heterocycles. The van der Waals surface area contributed by atoms with Crippen LogP contribution in [0.1, 0.15) is 15.9 Å². The Morgan fingerprint density at radius 3 is 2.79 bits per heavy atom. The molecule has 0 aliphatic rings. The number of amides is 1. The van der Waals surface area contributed by atoms with E-state index in [1.54, 1.807) is 24.3 Å². The number of halogens is 2. The van der Waals surface area contributed by atoms with Gasteiger partial charge in [0.05, 0.1) is 22.3 Å². The molecule has 0 atom stereocenters. The molecule has 19 heavy (non-hydrogen) atoms. The molecule has 0 aliphatic carbocycles. The van der Waals surface area contributed by atoms with Crippen LogP contribution in [-0.4, -0.2) is 10.9 Å². The maximum Gasteiger partial charge on any atom is 0.255 e. The van der Waals surface area contributed by atoms with Crippen molar-refractivity contribution in [3.8, 4) is 6.07 Å². The van der Waals surface area contributed by atoms with Gasteiger partial charge in [-0.1, -0.05) is 11.6 Å². The molecule has 0 radical (unpaired) electrons. The molecule has 0 saturated carbocycles. The Kier molecular flexibility index (Phi) is 4.15. The van der Waals surface area contributed by atoms with Crippen molar-refractivity contribution < 1.29 is 4.79 Å². The van der Waals surface area contributed by atoms with Gasteiger partial charge in [0.15, 0.2) is 0 Å². The summed E-state index contributed by atoms with van der Waals surface area (Å²) in [5.74, 6) is -0.297. The first-order chi connectivity index (χ1) is 9.10. The molecule has 94 valence electrons. The van der Waals surface area contributed by atoms with Crippen LogP contribution in [0, 0.1) is 11.3 Å². The normalized spacial score (nSPS) is 9.74. The average Bonchev–Trinajstić information content (AvgIpc) is 2.41. The van der Waals surface area contributed by atoms with E-state index in [-0.39, 0.29) is 5.91 Å². The van der Waals surface area contributed by atoms with Crippen molar-refractivity contribution in [2.45, 2.75) is 0 Å². The molecule has 1 aromatic carbocycles. The summed E-state index contributed by atoms with van der Waals surface area (Å²) >= 11 is 9.18. The molecule has 6 heteroatoms. The van der Waals surface area contributed by atoms with Gasteiger partial charge < -0.3 is 5.32 Å². The van der Waals surface area contributed by atoms with E-state index in [2.05, 4.69) is 26.2 Å². The number of benzene rings is 1. The number of nitrogens with one attached hydrogen (secondary N) is 1. The predicted molar refractivity (Wildman–Crippen MR) is 76.1 cm³/mol. The van der Waals surface area contributed by atoms with E-state index in [0.717, 1.165) is 0 Å². The zero-order valence-corrected chi connectivity index (χ0v) is 11.9. The highest BCUT2D eigenvalue weighted by molar-refractivity contribution is 9.10. The molecular weight excluding hydrogens is 330 g/mol. The van der Waals surface area contributed by atoms with E-state index in [0.29, 0.717) is 26.4 Å². The zero-order chi connectivity index (χ0) is 13.8. The second kappa shape index (κ2) is 5.83. The lowest BCUT2D eigenvalue weighted by molar-refractivity contribution is 0.102. The molecule has 4 nitrogen and oxygen atoms in total. The fourth-order valence-electron chi connectivity index (χ4n) is 1.42. The molecule has 0 aliphatic heterocycles. The van der Waals surface area contributed by atoms with E-state index in [1.165, 1.54) is 12.3 Å². The largest absolute Gasteiger partial charge is 0.321 e. The standard InChI is InChI=1S/C13H7BrClN3O/c14-12-6-9(3-4-17-12)13(19)18-11-2-1-8(7-16)5-10(11)15/h1-6H,(H,18,19). The van der Waals surface area contributed by atoms with E-state index in [4.69, 9.17) is 16.9 Å². The third kappa shape index (κ3) is 3.31. The van der Waals surface area contributed by atoms with Gasteiger partial charge in [0.25, 0.3) is 5.91 Å². The summed E-state index contributed by atoms with van der Waals surface area (Å²) in [5.41, 5.74) is 1.36. The summed E-state index contributed by atoms with van der Waals surface area (Å²) < 4.78 is 0.575. The third-order valence-electron chi connectivity index (χ3n) is 2.34. The van der Waals surface area contributed by atoms with Crippen LogP contribution >= 0.6 is 27.5 Å². The predicted octanol–water partition coefficient (Wildman–Crippen LogP) is 3.62. The van der Waals surface area contributed by atoms with Gasteiger partial charge in [-0.05, 0) is 46.3 Å². The molecule has 0 bridgehead atoms. The lowest BCUT2D eigenvalue weighted by Gasteiger charge is -2.07. The van der Waals surface area contributed by atoms with E-state index in [9.17, 15) is 4.79 Å². The SMILES string of the molecule is N#Cc1ccc(NC(=O)c2ccnc(Br)c2)c(Cl)c1. The Bertz CT molecular complexity index is 682. The third-order valence-corrected chi connectivity index (χ3v) is 3.08. The molecule has 0 spiro atoms. The summed E-state index contributed by atoms with van der Waals surface area (Å²) in [5, 5.41) is 11.7. The number of pyridine rings is 1. The number of nitrogens with zero attached hydrogens (tertiary/aromatic N) is 2. The fraction of sp³-hybridized carbons (Fsp3) is 0. The quantitative estimate of drug-likeness (QED) is 0.852. The monoisotopic (exact) mass is 335 g/mol. The van der Waals surface area contributed by atoms with Gasteiger partial charge in [0.1, 0.15) is 4.60 Å². The molecule has 2 aromatic rings. The minimum absolute atomic E-state index is 0.297. The Morgan fingerprint density at radius 1 is 1.37 bits per heavy atom. The van der Waals surface area contributed by atoms with Gasteiger partial charge in [0, 0.05) is 11.8 Å². The smallest absolute Gasteiger partial charge is 0.255 e. The highest BCUT2D eigenvalue weighted by atomic mass is 79.9. The number of anilines is 1. The van der Waals surface area contributed by atoms with Crippen LogP contribution in [0.3, 0.4) is 0 Å². The second-order valence-corrected chi connectivity index (χ2v) is 4.85. The molecule has 0 saturated heterocycles. The van der Waals surface area contributed by atoms with Crippen LogP contribution in [0.25, 0.3) is 0 Å². The topological polar surface area (TPSA) is 65.8 Å². The minimum atomic E-state index is -0.297. The number of carbonyl (C=O) groups is 1. The molecule has 0 unspecified atom stereocenters. The van der Waals surface area contributed by atoms with Crippen molar-refractivity contribution in [1.29, 1.82) is 5.26 Å². The minimum Gasteiger partial charge on any atom is -0.321 e. The van der Waals surface area contributed by atoms with E-state index < -0.39 is 0 Å². The number of hydrogen-bond acceptors (Lipinski definition) is 3. The fourth-order valence-corrected chi connectivity index (χ4v) is 2.02. The van der Waals surface area contributed by atoms with Gasteiger partial charge in [-0.25, -0.2) is 4.98 Å². The van der Waals surface area contributed by atoms with Crippen molar-refractivity contribution in [3.05, 3.63) is 57.3 Å². The number of aromatic nitrogens is 1. The molecule has 1 amide bonds. The Morgan fingerprint density at radius 2 is 2.16 bits per heavy atom. The van der Waals surface area contributed by atoms with Crippen molar-refractivity contribution in [2.75, 3.05) is 5.32 Å². The van der Waals surface area contributed by atoms with Crippen molar-refractivity contribution >= 4 is 39.1 Å². The molecule has 1 N–H and O–H groups in total. The first-order valence-corrected chi connectivity index (χ1v) is 6.40. The van der Waals surface area contributed by atoms with Crippen LogP contribution in [0.5, 0.6) is 0 Å². The van der Waals surface area contributed by atoms with Gasteiger partial charge >= 0.3 is 0 Å². The van der Waals surface area contributed by atoms with E-state index >= 15 is 0 Å². The molecular formula is C13H7BrClN3O. The molecule has 1 heterocycles. The molecule has 2 rings (SSSR count). The van der Waals surface area contributed by atoms with Crippen LogP contribution in [-0.2, 0) is 0 Å². The maximum atomic E-state index is 12.0. The second-order valence-electron chi connectivity index (χ2n) is 3.63. The molecule has 0 fully saturated rings. The van der Waals surface area contributed by atoms with Crippen LogP contribution in [0.4, 0.5) is 5.69 Å². The van der Waals surface area contributed by atoms with Crippen LogP contribution in [0.2, 0.25) is 5.02 Å². The van der Waals surface area contributed by atoms with Gasteiger partial charge in [-0.15, -0.1) is 0 Å². The van der Waals surface area contributed by atoms with Crippen molar-refractivity contribution in [3.63, 3.8) is 0 Å². The summed E-state index contributed by atoms with van der Waals surface area (Å²) in [6.07, 6.45) is 1.53. The van der Waals surface area contributed by atoms with Crippen molar-refractivity contribution in [2.24, 2.45) is 0 Å². The summed E-state index contributed by atoms with van der Waals surface area (Å²) in [4.78, 5) is 15.9. The lowest BCUT2D eigenvalue weighted by Crippen LogP contribution is -2.12. The number of hydrogen-bond donors (Lipinski definition) is 1. The first-order valence-electron chi connectivity index (χ1n) is 5.22. The first kappa shape index (κ1) is 13.5. The van der Waals surface area contributed by atoms with Crippen LogP contribution < -0.4 is 5.32 Å². The summed E-state index contributed by atoms with van der Waals surface area (Å²) in [7, 11) is 0. The van der Waals surface area contributed by atoms with Gasteiger partial charge in [-0.2, -0.15) is 5.26 Å². The number of carbonyl (C=O) groups excluding carboxylic acids is 1. The highest BCUT2D eigenvalue weighted by Gasteiger charge is 2.09. The van der Waals surface area contributed by atoms with Gasteiger partial charge in [0.2, 0.25) is 0 Å².